The van der Waals surface area contributed by atoms with Crippen molar-refractivity contribution in [2.75, 3.05) is 11.9 Å². The smallest absolute Gasteiger partial charge is 0.586 e. The fourth-order valence-electron chi connectivity index (χ4n) is 4.68. The van der Waals surface area contributed by atoms with E-state index in [1.54, 1.807) is 18.2 Å². The van der Waals surface area contributed by atoms with Gasteiger partial charge < -0.3 is 19.3 Å². The van der Waals surface area contributed by atoms with Crippen molar-refractivity contribution < 1.29 is 27.6 Å². The molecule has 0 spiro atoms. The minimum Gasteiger partial charge on any atom is -0.593 e. The summed E-state index contributed by atoms with van der Waals surface area (Å²) in [6.45, 7) is 0.825. The number of rotatable bonds is 6. The first-order chi connectivity index (χ1) is 17.7. The Morgan fingerprint density at radius 3 is 2.57 bits per heavy atom. The van der Waals surface area contributed by atoms with Crippen molar-refractivity contribution in [1.29, 1.82) is 0 Å². The fraction of sp³-hybridized carbons (Fsp3) is 0.308. The van der Waals surface area contributed by atoms with Gasteiger partial charge in [0.15, 0.2) is 16.4 Å². The van der Waals surface area contributed by atoms with E-state index in [-0.39, 0.29) is 21.5 Å². The van der Waals surface area contributed by atoms with E-state index in [0.29, 0.717) is 29.9 Å². The molecular formula is C26H22F2IN3O4S. The maximum atomic E-state index is 13.4. The Morgan fingerprint density at radius 2 is 1.86 bits per heavy atom. The predicted octanol–water partition coefficient (Wildman–Crippen LogP) is 5.62. The molecule has 3 aliphatic rings. The SMILES string of the molecule is O=C(Nc1cccc(-c2ccc([S+]([O-])N3CCC[C@@H]3I)cc2)n1)C1(c2ccc3c(c2)OC(F)(F)O3)CC1. The topological polar surface area (TPSA) is 86.8 Å². The predicted molar refractivity (Wildman–Crippen MR) is 142 cm³/mol. The van der Waals surface area contributed by atoms with Crippen molar-refractivity contribution in [3.63, 3.8) is 0 Å². The summed E-state index contributed by atoms with van der Waals surface area (Å²) in [6, 6.07) is 17.3. The molecule has 2 aromatic carbocycles. The number of ether oxygens (including phenoxy) is 2. The van der Waals surface area contributed by atoms with E-state index < -0.39 is 23.1 Å². The van der Waals surface area contributed by atoms with Crippen LogP contribution in [0.1, 0.15) is 31.2 Å². The zero-order chi connectivity index (χ0) is 25.8. The van der Waals surface area contributed by atoms with E-state index in [4.69, 9.17) is 0 Å². The third-order valence-corrected chi connectivity index (χ3v) is 10.0. The lowest BCUT2D eigenvalue weighted by atomic mass is 9.94. The lowest BCUT2D eigenvalue weighted by Gasteiger charge is -2.22. The summed E-state index contributed by atoms with van der Waals surface area (Å²) < 4.78 is 51.0. The average Bonchev–Trinajstić information content (AvgIpc) is 3.49. The van der Waals surface area contributed by atoms with Crippen LogP contribution >= 0.6 is 22.6 Å². The highest BCUT2D eigenvalue weighted by atomic mass is 127. The minimum absolute atomic E-state index is 0.0521. The Morgan fingerprint density at radius 1 is 1.11 bits per heavy atom. The van der Waals surface area contributed by atoms with Gasteiger partial charge >= 0.3 is 6.29 Å². The number of fused-ring (bicyclic) bond motifs is 1. The third-order valence-electron chi connectivity index (χ3n) is 6.83. The summed E-state index contributed by atoms with van der Waals surface area (Å²) in [4.78, 5) is 18.6. The molecule has 7 nitrogen and oxygen atoms in total. The van der Waals surface area contributed by atoms with Gasteiger partial charge in [0.25, 0.3) is 0 Å². The fourth-order valence-corrected chi connectivity index (χ4v) is 7.27. The lowest BCUT2D eigenvalue weighted by Crippen LogP contribution is -2.32. The van der Waals surface area contributed by atoms with Crippen LogP contribution in [-0.4, -0.2) is 36.6 Å². The molecule has 2 aliphatic heterocycles. The van der Waals surface area contributed by atoms with Crippen molar-refractivity contribution >= 4 is 45.7 Å². The Hall–Kier alpha value is -2.48. The number of pyridine rings is 1. The van der Waals surface area contributed by atoms with Crippen molar-refractivity contribution in [3.8, 4) is 22.8 Å². The molecule has 0 bridgehead atoms. The van der Waals surface area contributed by atoms with Crippen molar-refractivity contribution in [2.45, 2.75) is 46.3 Å². The number of halogens is 3. The van der Waals surface area contributed by atoms with Gasteiger partial charge in [-0.2, -0.15) is 0 Å². The third kappa shape index (κ3) is 4.77. The number of hydrogen-bond donors (Lipinski definition) is 1. The van der Waals surface area contributed by atoms with E-state index in [1.807, 2.05) is 34.6 Å². The second-order valence-electron chi connectivity index (χ2n) is 9.26. The summed E-state index contributed by atoms with van der Waals surface area (Å²) >= 11 is 1.13. The molecule has 1 amide bonds. The number of carbonyl (C=O) groups is 1. The van der Waals surface area contributed by atoms with Crippen molar-refractivity contribution in [2.24, 2.45) is 0 Å². The van der Waals surface area contributed by atoms with Crippen molar-refractivity contribution in [1.82, 2.24) is 9.29 Å². The normalized spacial score (nSPS) is 22.0. The van der Waals surface area contributed by atoms with Gasteiger partial charge in [-0.05, 0) is 79.8 Å². The largest absolute Gasteiger partial charge is 0.593 e. The van der Waals surface area contributed by atoms with Crippen LogP contribution in [0.25, 0.3) is 11.3 Å². The van der Waals surface area contributed by atoms with Crippen LogP contribution in [0, 0.1) is 0 Å². The molecule has 1 saturated heterocycles. The maximum absolute atomic E-state index is 13.4. The Balaban J connectivity index is 1.17. The molecular weight excluding hydrogens is 615 g/mol. The second-order valence-corrected chi connectivity index (χ2v) is 12.1. The molecule has 11 heteroatoms. The van der Waals surface area contributed by atoms with E-state index in [0.717, 1.165) is 29.8 Å². The average molecular weight is 637 g/mol. The first kappa shape index (κ1) is 24.8. The molecule has 1 unspecified atom stereocenters. The number of nitrogens with zero attached hydrogens (tertiary/aromatic N) is 2. The van der Waals surface area contributed by atoms with Gasteiger partial charge in [0, 0.05) is 12.1 Å². The molecule has 37 heavy (non-hydrogen) atoms. The molecule has 2 fully saturated rings. The first-order valence-electron chi connectivity index (χ1n) is 11.9. The highest BCUT2D eigenvalue weighted by molar-refractivity contribution is 14.1. The summed E-state index contributed by atoms with van der Waals surface area (Å²) in [7, 11) is 0. The monoisotopic (exact) mass is 637 g/mol. The molecule has 1 saturated carbocycles. The molecule has 1 N–H and O–H groups in total. The van der Waals surface area contributed by atoms with Gasteiger partial charge in [0.2, 0.25) is 5.91 Å². The van der Waals surface area contributed by atoms with Gasteiger partial charge in [-0.1, -0.05) is 34.7 Å². The second kappa shape index (κ2) is 9.37. The molecule has 3 heterocycles. The number of hydrogen-bond acceptors (Lipinski definition) is 6. The number of carbonyl (C=O) groups excluding carboxylic acids is 1. The Labute approximate surface area is 229 Å². The van der Waals surface area contributed by atoms with Gasteiger partial charge in [0.1, 0.15) is 9.87 Å². The van der Waals surface area contributed by atoms with E-state index in [2.05, 4.69) is 42.4 Å². The van der Waals surface area contributed by atoms with Crippen LogP contribution in [0.3, 0.4) is 0 Å². The molecule has 1 aliphatic carbocycles. The molecule has 1 aromatic heterocycles. The summed E-state index contributed by atoms with van der Waals surface area (Å²) in [6.07, 6.45) is -0.446. The number of benzene rings is 2. The molecule has 0 radical (unpaired) electrons. The highest BCUT2D eigenvalue weighted by Crippen LogP contribution is 2.52. The summed E-state index contributed by atoms with van der Waals surface area (Å²) in [5.74, 6) is -0.000421. The zero-order valence-electron chi connectivity index (χ0n) is 19.5. The maximum Gasteiger partial charge on any atom is 0.586 e. The van der Waals surface area contributed by atoms with Crippen LogP contribution in [0.4, 0.5) is 14.6 Å². The van der Waals surface area contributed by atoms with Gasteiger partial charge in [-0.15, -0.1) is 13.1 Å². The number of amides is 1. The van der Waals surface area contributed by atoms with Crippen LogP contribution < -0.4 is 14.8 Å². The standard InChI is InChI=1S/C26H22F2IN3O4S/c27-26(28)35-20-11-8-17(15-21(20)36-26)25(12-13-25)24(33)31-23-5-1-3-19(30-23)16-6-9-18(10-7-16)37(34)32-14-2-4-22(32)29/h1,3,5-11,15,22H,2,4,12-14H2,(H,30,31,33)/t22-,37?/m1/s1. The molecule has 192 valence electrons. The number of aromatic nitrogens is 1. The van der Waals surface area contributed by atoms with Gasteiger partial charge in [-0.3, -0.25) is 4.79 Å². The first-order valence-corrected chi connectivity index (χ1v) is 14.2. The minimum atomic E-state index is -3.70. The number of anilines is 1. The van der Waals surface area contributed by atoms with Crippen molar-refractivity contribution in [3.05, 3.63) is 66.2 Å². The quantitative estimate of drug-likeness (QED) is 0.164. The highest BCUT2D eigenvalue weighted by Gasteiger charge is 2.53. The zero-order valence-corrected chi connectivity index (χ0v) is 22.4. The van der Waals surface area contributed by atoms with E-state index >= 15 is 0 Å². The summed E-state index contributed by atoms with van der Waals surface area (Å²) in [5.41, 5.74) is 1.27. The van der Waals surface area contributed by atoms with E-state index in [9.17, 15) is 18.1 Å². The molecule has 2 atom stereocenters. The van der Waals surface area contributed by atoms with Gasteiger partial charge in [-0.25, -0.2) is 4.98 Å². The van der Waals surface area contributed by atoms with Crippen LogP contribution in [0.15, 0.2) is 65.6 Å². The Kier molecular flexibility index (Phi) is 6.29. The van der Waals surface area contributed by atoms with E-state index in [1.165, 1.54) is 12.1 Å². The van der Waals surface area contributed by atoms with Gasteiger partial charge in [0.05, 0.1) is 22.5 Å². The number of alkyl halides is 3. The van der Waals surface area contributed by atoms with Crippen LogP contribution in [0.5, 0.6) is 11.5 Å². The summed E-state index contributed by atoms with van der Waals surface area (Å²) in [5, 5.41) is 2.88. The van der Waals surface area contributed by atoms with Crippen LogP contribution in [-0.2, 0) is 21.6 Å². The number of nitrogens with one attached hydrogen (secondary N) is 1. The molecule has 3 aromatic rings. The van der Waals surface area contributed by atoms with Crippen LogP contribution in [0.2, 0.25) is 0 Å². The molecule has 6 rings (SSSR count). The lowest BCUT2D eigenvalue weighted by molar-refractivity contribution is -0.286. The Bertz CT molecular complexity index is 1360.